The molecule has 7 heteroatoms. The van der Waals surface area contributed by atoms with Crippen molar-refractivity contribution in [3.8, 4) is 0 Å². The van der Waals surface area contributed by atoms with Gasteiger partial charge in [-0.1, -0.05) is 12.1 Å². The van der Waals surface area contributed by atoms with E-state index in [-0.39, 0.29) is 17.4 Å². The summed E-state index contributed by atoms with van der Waals surface area (Å²) in [5.41, 5.74) is 0.343. The van der Waals surface area contributed by atoms with Crippen LogP contribution in [0.1, 0.15) is 24.2 Å². The van der Waals surface area contributed by atoms with Gasteiger partial charge in [-0.2, -0.15) is 0 Å². The Balaban J connectivity index is 2.66. The fourth-order valence-corrected chi connectivity index (χ4v) is 2.48. The van der Waals surface area contributed by atoms with Crippen LogP contribution in [-0.2, 0) is 19.1 Å². The number of carbonyl (C=O) groups is 3. The number of hydrogen-bond donors (Lipinski definition) is 1. The van der Waals surface area contributed by atoms with E-state index in [2.05, 4.69) is 5.32 Å². The van der Waals surface area contributed by atoms with E-state index in [0.29, 0.717) is 23.6 Å². The Hall–Kier alpha value is -1.86. The number of rotatable bonds is 9. The lowest BCUT2D eigenvalue weighted by Gasteiger charge is -2.14. The van der Waals surface area contributed by atoms with E-state index < -0.39 is 12.1 Å². The predicted molar refractivity (Wildman–Crippen MR) is 87.6 cm³/mol. The van der Waals surface area contributed by atoms with Crippen LogP contribution in [0.3, 0.4) is 0 Å². The molecule has 23 heavy (non-hydrogen) atoms. The van der Waals surface area contributed by atoms with Gasteiger partial charge in [0.2, 0.25) is 0 Å². The van der Waals surface area contributed by atoms with Gasteiger partial charge in [0.05, 0.1) is 17.9 Å². The first-order chi connectivity index (χ1) is 11.0. The van der Waals surface area contributed by atoms with Crippen molar-refractivity contribution in [3.05, 3.63) is 29.8 Å². The quantitative estimate of drug-likeness (QED) is 0.419. The Morgan fingerprint density at radius 3 is 2.61 bits per heavy atom. The van der Waals surface area contributed by atoms with Crippen LogP contribution >= 0.6 is 11.8 Å². The van der Waals surface area contributed by atoms with Crippen molar-refractivity contribution in [2.45, 2.75) is 24.8 Å². The molecule has 0 aromatic heterocycles. The normalized spacial score (nSPS) is 11.6. The molecule has 0 aliphatic heterocycles. The highest BCUT2D eigenvalue weighted by Crippen LogP contribution is 2.23. The lowest BCUT2D eigenvalue weighted by Crippen LogP contribution is -2.37. The minimum Gasteiger partial charge on any atom is -0.449 e. The van der Waals surface area contributed by atoms with Gasteiger partial charge in [-0.15, -0.1) is 11.8 Å². The number of esters is 1. The van der Waals surface area contributed by atoms with Crippen molar-refractivity contribution >= 4 is 29.4 Å². The van der Waals surface area contributed by atoms with Crippen LogP contribution in [0.5, 0.6) is 0 Å². The molecule has 126 valence electrons. The Bertz CT molecular complexity index is 561. The second-order valence-corrected chi connectivity index (χ2v) is 5.84. The Morgan fingerprint density at radius 2 is 1.96 bits per heavy atom. The molecule has 0 aliphatic carbocycles. The summed E-state index contributed by atoms with van der Waals surface area (Å²) in [7, 11) is 1.53. The van der Waals surface area contributed by atoms with Crippen molar-refractivity contribution in [3.63, 3.8) is 0 Å². The lowest BCUT2D eigenvalue weighted by atomic mass is 10.2. The number of ether oxygens (including phenoxy) is 2. The summed E-state index contributed by atoms with van der Waals surface area (Å²) >= 11 is 1.27. The Labute approximate surface area is 139 Å². The van der Waals surface area contributed by atoms with Gasteiger partial charge in [-0.05, 0) is 26.0 Å². The van der Waals surface area contributed by atoms with E-state index in [9.17, 15) is 14.4 Å². The van der Waals surface area contributed by atoms with Crippen molar-refractivity contribution in [2.75, 3.05) is 26.0 Å². The molecule has 0 saturated heterocycles. The van der Waals surface area contributed by atoms with Gasteiger partial charge in [0, 0.05) is 18.6 Å². The summed E-state index contributed by atoms with van der Waals surface area (Å²) in [6.07, 6.45) is -0.912. The van der Waals surface area contributed by atoms with Gasteiger partial charge in [-0.3, -0.25) is 9.59 Å². The van der Waals surface area contributed by atoms with Crippen molar-refractivity contribution in [2.24, 2.45) is 0 Å². The standard InChI is InChI=1S/C16H21NO5S/c1-11(18)10-23-14-7-5-4-6-13(14)16(20)22-12(2)15(19)17-8-9-21-3/h4-7,12H,8-10H2,1-3H3,(H,17,19)/t12-/m0/s1. The monoisotopic (exact) mass is 339 g/mol. The highest BCUT2D eigenvalue weighted by molar-refractivity contribution is 8.00. The summed E-state index contributed by atoms with van der Waals surface area (Å²) in [6, 6.07) is 6.84. The molecule has 1 atom stereocenters. The van der Waals surface area contributed by atoms with Crippen LogP contribution in [0.25, 0.3) is 0 Å². The van der Waals surface area contributed by atoms with E-state index in [4.69, 9.17) is 9.47 Å². The average Bonchev–Trinajstić information content (AvgIpc) is 2.53. The first-order valence-corrected chi connectivity index (χ1v) is 8.13. The van der Waals surface area contributed by atoms with Crippen molar-refractivity contribution < 1.29 is 23.9 Å². The summed E-state index contributed by atoms with van der Waals surface area (Å²) in [5.74, 6) is -0.684. The first-order valence-electron chi connectivity index (χ1n) is 7.14. The highest BCUT2D eigenvalue weighted by Gasteiger charge is 2.20. The number of benzene rings is 1. The van der Waals surface area contributed by atoms with Crippen molar-refractivity contribution in [1.82, 2.24) is 5.32 Å². The second kappa shape index (κ2) is 10.0. The smallest absolute Gasteiger partial charge is 0.340 e. The van der Waals surface area contributed by atoms with Crippen LogP contribution in [0, 0.1) is 0 Å². The van der Waals surface area contributed by atoms with Crippen LogP contribution in [0.4, 0.5) is 0 Å². The minimum absolute atomic E-state index is 0.0176. The zero-order valence-electron chi connectivity index (χ0n) is 13.5. The van der Waals surface area contributed by atoms with Gasteiger partial charge >= 0.3 is 5.97 Å². The molecular weight excluding hydrogens is 318 g/mol. The lowest BCUT2D eigenvalue weighted by molar-refractivity contribution is -0.129. The second-order valence-electron chi connectivity index (χ2n) is 4.82. The van der Waals surface area contributed by atoms with Gasteiger partial charge in [0.1, 0.15) is 5.78 Å². The third-order valence-corrected chi connectivity index (χ3v) is 4.01. The largest absolute Gasteiger partial charge is 0.449 e. The molecule has 0 heterocycles. The maximum absolute atomic E-state index is 12.2. The molecule has 0 aliphatic rings. The number of thioether (sulfide) groups is 1. The van der Waals surface area contributed by atoms with E-state index >= 15 is 0 Å². The first kappa shape index (κ1) is 19.2. The predicted octanol–water partition coefficient (Wildman–Crippen LogP) is 1.68. The van der Waals surface area contributed by atoms with Crippen LogP contribution in [-0.4, -0.2) is 49.8 Å². The van der Waals surface area contributed by atoms with Gasteiger partial charge < -0.3 is 14.8 Å². The summed E-state index contributed by atoms with van der Waals surface area (Å²) in [6.45, 7) is 3.73. The molecule has 1 N–H and O–H groups in total. The molecule has 0 saturated carbocycles. The molecule has 1 aromatic carbocycles. The maximum Gasteiger partial charge on any atom is 0.340 e. The number of Topliss-reactive ketones (excluding diaryl/α,β-unsaturated/α-hetero) is 1. The number of carbonyl (C=O) groups excluding carboxylic acids is 3. The number of nitrogens with one attached hydrogen (secondary N) is 1. The Kier molecular flexibility index (Phi) is 8.36. The topological polar surface area (TPSA) is 81.7 Å². The highest BCUT2D eigenvalue weighted by atomic mass is 32.2. The number of ketones is 1. The third kappa shape index (κ3) is 6.83. The van der Waals surface area contributed by atoms with E-state index in [1.165, 1.54) is 32.7 Å². The van der Waals surface area contributed by atoms with Gasteiger partial charge in [-0.25, -0.2) is 4.79 Å². The fourth-order valence-electron chi connectivity index (χ4n) is 1.64. The fraction of sp³-hybridized carbons (Fsp3) is 0.438. The van der Waals surface area contributed by atoms with Crippen LogP contribution in [0.15, 0.2) is 29.2 Å². The molecule has 0 bridgehead atoms. The van der Waals surface area contributed by atoms with Crippen LogP contribution < -0.4 is 5.32 Å². The summed E-state index contributed by atoms with van der Waals surface area (Å²) in [4.78, 5) is 35.8. The third-order valence-electron chi connectivity index (χ3n) is 2.80. The van der Waals surface area contributed by atoms with E-state index in [1.807, 2.05) is 0 Å². The van der Waals surface area contributed by atoms with Crippen molar-refractivity contribution in [1.29, 1.82) is 0 Å². The molecule has 1 amide bonds. The Morgan fingerprint density at radius 1 is 1.26 bits per heavy atom. The molecule has 0 spiro atoms. The zero-order chi connectivity index (χ0) is 17.2. The molecular formula is C16H21NO5S. The molecule has 0 fully saturated rings. The van der Waals surface area contributed by atoms with Crippen LogP contribution in [0.2, 0.25) is 0 Å². The van der Waals surface area contributed by atoms with E-state index in [1.54, 1.807) is 24.3 Å². The van der Waals surface area contributed by atoms with Gasteiger partial charge in [0.25, 0.3) is 5.91 Å². The molecule has 0 radical (unpaired) electrons. The molecule has 1 rings (SSSR count). The number of methoxy groups -OCH3 is 1. The van der Waals surface area contributed by atoms with Gasteiger partial charge in [0.15, 0.2) is 6.10 Å². The molecule has 0 unspecified atom stereocenters. The zero-order valence-corrected chi connectivity index (χ0v) is 14.3. The molecule has 6 nitrogen and oxygen atoms in total. The minimum atomic E-state index is -0.912. The maximum atomic E-state index is 12.2. The molecule has 1 aromatic rings. The average molecular weight is 339 g/mol. The summed E-state index contributed by atoms with van der Waals surface area (Å²) < 4.78 is 10.0. The SMILES string of the molecule is COCCNC(=O)[C@H](C)OC(=O)c1ccccc1SCC(C)=O. The number of amides is 1. The van der Waals surface area contributed by atoms with E-state index in [0.717, 1.165) is 0 Å². The summed E-state index contributed by atoms with van der Waals surface area (Å²) in [5, 5.41) is 2.60. The number of hydrogen-bond acceptors (Lipinski definition) is 6.